The summed E-state index contributed by atoms with van der Waals surface area (Å²) in [5.74, 6) is 0. The molecular weight excluding hydrogens is 208 g/mol. The molecule has 1 rings (SSSR count). The van der Waals surface area contributed by atoms with Crippen LogP contribution < -0.4 is 5.32 Å². The topological polar surface area (TPSA) is 15.3 Å². The van der Waals surface area contributed by atoms with E-state index in [0.29, 0.717) is 6.04 Å². The minimum absolute atomic E-state index is 0.583. The molecule has 0 aliphatic heterocycles. The average molecular weight is 234 g/mol. The molecule has 0 spiro atoms. The van der Waals surface area contributed by atoms with E-state index in [4.69, 9.17) is 0 Å². The summed E-state index contributed by atoms with van der Waals surface area (Å²) in [5, 5.41) is 3.44. The van der Waals surface area contributed by atoms with Crippen molar-refractivity contribution in [1.82, 2.24) is 10.2 Å². The number of rotatable bonds is 7. The molecule has 1 aromatic rings. The molecule has 0 saturated heterocycles. The van der Waals surface area contributed by atoms with Crippen LogP contribution in [0.5, 0.6) is 0 Å². The van der Waals surface area contributed by atoms with E-state index in [1.807, 2.05) is 0 Å². The zero-order chi connectivity index (χ0) is 12.7. The van der Waals surface area contributed by atoms with Gasteiger partial charge in [0.05, 0.1) is 0 Å². The molecule has 0 amide bonds. The van der Waals surface area contributed by atoms with Gasteiger partial charge in [0, 0.05) is 25.7 Å². The molecule has 0 aliphatic rings. The van der Waals surface area contributed by atoms with Crippen molar-refractivity contribution in [1.29, 1.82) is 0 Å². The van der Waals surface area contributed by atoms with Gasteiger partial charge in [-0.15, -0.1) is 0 Å². The Bertz CT molecular complexity index is 320. The third-order valence-corrected chi connectivity index (χ3v) is 2.91. The summed E-state index contributed by atoms with van der Waals surface area (Å²) in [7, 11) is 2.19. The number of hydrogen-bond acceptors (Lipinski definition) is 2. The van der Waals surface area contributed by atoms with Crippen LogP contribution in [0.3, 0.4) is 0 Å². The summed E-state index contributed by atoms with van der Waals surface area (Å²) in [6.07, 6.45) is 1.14. The molecule has 0 saturated carbocycles. The zero-order valence-corrected chi connectivity index (χ0v) is 11.7. The molecule has 2 heteroatoms. The fourth-order valence-electron chi connectivity index (χ4n) is 1.84. The third-order valence-electron chi connectivity index (χ3n) is 2.91. The summed E-state index contributed by atoms with van der Waals surface area (Å²) in [6.45, 7) is 9.84. The highest BCUT2D eigenvalue weighted by atomic mass is 15.1. The van der Waals surface area contributed by atoms with Crippen LogP contribution in [0.25, 0.3) is 0 Å². The largest absolute Gasteiger partial charge is 0.313 e. The van der Waals surface area contributed by atoms with Crippen molar-refractivity contribution in [3.63, 3.8) is 0 Å². The van der Waals surface area contributed by atoms with Crippen LogP contribution in [0, 0.1) is 6.92 Å². The first-order valence-electron chi connectivity index (χ1n) is 6.55. The van der Waals surface area contributed by atoms with Gasteiger partial charge in [-0.3, -0.25) is 0 Å². The Morgan fingerprint density at radius 3 is 2.65 bits per heavy atom. The highest BCUT2D eigenvalue weighted by Crippen LogP contribution is 2.04. The lowest BCUT2D eigenvalue weighted by atomic mass is 10.1. The quantitative estimate of drug-likeness (QED) is 0.779. The molecule has 17 heavy (non-hydrogen) atoms. The lowest BCUT2D eigenvalue weighted by Gasteiger charge is -2.18. The SMILES string of the molecule is Cc1cccc(CCN(C)CCNC(C)C)c1. The Labute approximate surface area is 106 Å². The molecule has 2 nitrogen and oxygen atoms in total. The fourth-order valence-corrected chi connectivity index (χ4v) is 1.84. The second-order valence-corrected chi connectivity index (χ2v) is 5.15. The van der Waals surface area contributed by atoms with Gasteiger partial charge in [-0.25, -0.2) is 0 Å². The molecule has 0 radical (unpaired) electrons. The molecule has 0 bridgehead atoms. The van der Waals surface area contributed by atoms with E-state index in [0.717, 1.165) is 26.1 Å². The van der Waals surface area contributed by atoms with Gasteiger partial charge < -0.3 is 10.2 Å². The second kappa shape index (κ2) is 7.46. The van der Waals surface area contributed by atoms with Crippen LogP contribution in [0.2, 0.25) is 0 Å². The number of aryl methyl sites for hydroxylation is 1. The predicted octanol–water partition coefficient (Wildman–Crippen LogP) is 2.47. The molecule has 0 aliphatic carbocycles. The van der Waals surface area contributed by atoms with Crippen LogP contribution in [0.15, 0.2) is 24.3 Å². The van der Waals surface area contributed by atoms with Gasteiger partial charge in [-0.2, -0.15) is 0 Å². The van der Waals surface area contributed by atoms with Crippen molar-refractivity contribution >= 4 is 0 Å². The lowest BCUT2D eigenvalue weighted by molar-refractivity contribution is 0.331. The van der Waals surface area contributed by atoms with Gasteiger partial charge in [0.15, 0.2) is 0 Å². The number of hydrogen-bond donors (Lipinski definition) is 1. The van der Waals surface area contributed by atoms with E-state index in [9.17, 15) is 0 Å². The van der Waals surface area contributed by atoms with Crippen LogP contribution >= 0.6 is 0 Å². The normalized spacial score (nSPS) is 11.4. The number of likely N-dealkylation sites (N-methyl/N-ethyl adjacent to an activating group) is 1. The van der Waals surface area contributed by atoms with E-state index < -0.39 is 0 Å². The first-order valence-corrected chi connectivity index (χ1v) is 6.55. The summed E-state index contributed by atoms with van der Waals surface area (Å²) < 4.78 is 0. The third kappa shape index (κ3) is 6.44. The lowest BCUT2D eigenvalue weighted by Crippen LogP contribution is -2.33. The molecule has 0 atom stereocenters. The van der Waals surface area contributed by atoms with E-state index in [-0.39, 0.29) is 0 Å². The fraction of sp³-hybridized carbons (Fsp3) is 0.600. The Morgan fingerprint density at radius 2 is 2.00 bits per heavy atom. The standard InChI is InChI=1S/C15H26N2/c1-13(2)16-9-11-17(4)10-8-15-7-5-6-14(3)12-15/h5-7,12-13,16H,8-11H2,1-4H3. The maximum Gasteiger partial charge on any atom is 0.0104 e. The smallest absolute Gasteiger partial charge is 0.0104 e. The molecule has 0 aromatic heterocycles. The minimum Gasteiger partial charge on any atom is -0.313 e. The summed E-state index contributed by atoms with van der Waals surface area (Å²) >= 11 is 0. The maximum atomic E-state index is 3.44. The van der Waals surface area contributed by atoms with Crippen LogP contribution in [0.4, 0.5) is 0 Å². The average Bonchev–Trinajstić information content (AvgIpc) is 2.26. The molecule has 0 heterocycles. The van der Waals surface area contributed by atoms with Gasteiger partial charge in [-0.1, -0.05) is 43.7 Å². The molecule has 1 N–H and O–H groups in total. The molecule has 0 unspecified atom stereocenters. The first-order chi connectivity index (χ1) is 8.08. The number of nitrogens with zero attached hydrogens (tertiary/aromatic N) is 1. The predicted molar refractivity (Wildman–Crippen MR) is 75.5 cm³/mol. The van der Waals surface area contributed by atoms with Crippen molar-refractivity contribution in [2.24, 2.45) is 0 Å². The van der Waals surface area contributed by atoms with E-state index in [2.05, 4.69) is 62.3 Å². The Morgan fingerprint density at radius 1 is 1.24 bits per heavy atom. The van der Waals surface area contributed by atoms with Crippen LogP contribution in [-0.4, -0.2) is 37.6 Å². The highest BCUT2D eigenvalue weighted by Gasteiger charge is 2.00. The maximum absolute atomic E-state index is 3.44. The number of nitrogens with one attached hydrogen (secondary N) is 1. The summed E-state index contributed by atoms with van der Waals surface area (Å²) in [4.78, 5) is 2.39. The van der Waals surface area contributed by atoms with Gasteiger partial charge in [0.2, 0.25) is 0 Å². The molecule has 0 fully saturated rings. The monoisotopic (exact) mass is 234 g/mol. The van der Waals surface area contributed by atoms with Crippen molar-refractivity contribution in [2.75, 3.05) is 26.7 Å². The minimum atomic E-state index is 0.583. The Balaban J connectivity index is 2.21. The highest BCUT2D eigenvalue weighted by molar-refractivity contribution is 5.22. The van der Waals surface area contributed by atoms with Crippen LogP contribution in [-0.2, 0) is 6.42 Å². The first kappa shape index (κ1) is 14.2. The van der Waals surface area contributed by atoms with Crippen molar-refractivity contribution in [3.05, 3.63) is 35.4 Å². The second-order valence-electron chi connectivity index (χ2n) is 5.15. The summed E-state index contributed by atoms with van der Waals surface area (Å²) in [6, 6.07) is 9.37. The molecule has 96 valence electrons. The van der Waals surface area contributed by atoms with Gasteiger partial charge in [-0.05, 0) is 26.0 Å². The van der Waals surface area contributed by atoms with E-state index >= 15 is 0 Å². The van der Waals surface area contributed by atoms with Crippen molar-refractivity contribution in [3.8, 4) is 0 Å². The van der Waals surface area contributed by atoms with Gasteiger partial charge in [0.25, 0.3) is 0 Å². The Hall–Kier alpha value is -0.860. The van der Waals surface area contributed by atoms with Gasteiger partial charge >= 0.3 is 0 Å². The van der Waals surface area contributed by atoms with Crippen molar-refractivity contribution in [2.45, 2.75) is 33.2 Å². The van der Waals surface area contributed by atoms with Gasteiger partial charge in [0.1, 0.15) is 0 Å². The zero-order valence-electron chi connectivity index (χ0n) is 11.7. The van der Waals surface area contributed by atoms with E-state index in [1.54, 1.807) is 0 Å². The molecule has 1 aromatic carbocycles. The van der Waals surface area contributed by atoms with Crippen LogP contribution in [0.1, 0.15) is 25.0 Å². The Kier molecular flexibility index (Phi) is 6.23. The van der Waals surface area contributed by atoms with E-state index in [1.165, 1.54) is 11.1 Å². The molecular formula is C15H26N2. The summed E-state index contributed by atoms with van der Waals surface area (Å²) in [5.41, 5.74) is 2.79. The van der Waals surface area contributed by atoms with Crippen molar-refractivity contribution < 1.29 is 0 Å². The number of benzene rings is 1.